The minimum Gasteiger partial charge on any atom is -0.476 e. The Bertz CT molecular complexity index is 491. The fraction of sp³-hybridized carbons (Fsp3) is 0.500. The predicted octanol–water partition coefficient (Wildman–Crippen LogP) is 1.96. The molecule has 0 spiro atoms. The predicted molar refractivity (Wildman–Crippen MR) is 78.5 cm³/mol. The summed E-state index contributed by atoms with van der Waals surface area (Å²) in [5.74, 6) is -1.00. The number of pyridine rings is 1. The fourth-order valence-electron chi connectivity index (χ4n) is 1.65. The Labute approximate surface area is 123 Å². The molecule has 0 radical (unpaired) electrons. The lowest BCUT2D eigenvalue weighted by Gasteiger charge is -2.22. The van der Waals surface area contributed by atoms with Crippen LogP contribution in [0.2, 0.25) is 0 Å². The molecule has 3 N–H and O–H groups in total. The monoisotopic (exact) mass is 295 g/mol. The zero-order chi connectivity index (χ0) is 15.8. The SMILES string of the molecule is CCOCC(NC(=O)Nc1cccnc1C(=O)O)C(C)C. The molecule has 0 aliphatic heterocycles. The third-order valence-electron chi connectivity index (χ3n) is 2.88. The lowest BCUT2D eigenvalue weighted by molar-refractivity contribution is 0.0691. The zero-order valence-corrected chi connectivity index (χ0v) is 12.4. The van der Waals surface area contributed by atoms with Crippen LogP contribution < -0.4 is 10.6 Å². The van der Waals surface area contributed by atoms with E-state index in [0.29, 0.717) is 13.2 Å². The summed E-state index contributed by atoms with van der Waals surface area (Å²) >= 11 is 0. The molecule has 7 heteroatoms. The van der Waals surface area contributed by atoms with E-state index in [1.165, 1.54) is 12.3 Å². The van der Waals surface area contributed by atoms with Crippen LogP contribution in [-0.2, 0) is 4.74 Å². The molecule has 1 aromatic rings. The van der Waals surface area contributed by atoms with Crippen molar-refractivity contribution in [2.45, 2.75) is 26.8 Å². The van der Waals surface area contributed by atoms with Gasteiger partial charge in [0, 0.05) is 12.8 Å². The van der Waals surface area contributed by atoms with E-state index in [2.05, 4.69) is 15.6 Å². The number of carboxylic acid groups (broad SMARTS) is 1. The first-order valence-electron chi connectivity index (χ1n) is 6.79. The molecule has 116 valence electrons. The number of aromatic nitrogens is 1. The molecule has 0 aliphatic carbocycles. The van der Waals surface area contributed by atoms with Gasteiger partial charge in [0.25, 0.3) is 0 Å². The average molecular weight is 295 g/mol. The van der Waals surface area contributed by atoms with Gasteiger partial charge in [-0.05, 0) is 25.0 Å². The van der Waals surface area contributed by atoms with Gasteiger partial charge in [0.15, 0.2) is 5.69 Å². The number of carbonyl (C=O) groups excluding carboxylic acids is 1. The second-order valence-corrected chi connectivity index (χ2v) is 4.81. The number of nitrogens with one attached hydrogen (secondary N) is 2. The number of anilines is 1. The van der Waals surface area contributed by atoms with Crippen molar-refractivity contribution >= 4 is 17.7 Å². The number of urea groups is 1. The Balaban J connectivity index is 2.70. The molecule has 0 saturated carbocycles. The molecule has 1 rings (SSSR count). The van der Waals surface area contributed by atoms with Crippen LogP contribution in [0.1, 0.15) is 31.3 Å². The number of aromatic carboxylic acids is 1. The lowest BCUT2D eigenvalue weighted by Crippen LogP contribution is -2.44. The molecular weight excluding hydrogens is 274 g/mol. The van der Waals surface area contributed by atoms with Gasteiger partial charge in [-0.3, -0.25) is 0 Å². The minimum atomic E-state index is -1.19. The first-order valence-corrected chi connectivity index (χ1v) is 6.79. The van der Waals surface area contributed by atoms with Crippen LogP contribution in [0, 0.1) is 5.92 Å². The van der Waals surface area contributed by atoms with Crippen molar-refractivity contribution in [2.75, 3.05) is 18.5 Å². The highest BCUT2D eigenvalue weighted by Crippen LogP contribution is 2.12. The molecule has 0 fully saturated rings. The second kappa shape index (κ2) is 8.21. The molecule has 1 atom stereocenters. The largest absolute Gasteiger partial charge is 0.476 e. The first kappa shape index (κ1) is 16.9. The van der Waals surface area contributed by atoms with Gasteiger partial charge >= 0.3 is 12.0 Å². The number of hydrogen-bond acceptors (Lipinski definition) is 4. The topological polar surface area (TPSA) is 101 Å². The van der Waals surface area contributed by atoms with Crippen LogP contribution in [0.15, 0.2) is 18.3 Å². The molecule has 0 aromatic carbocycles. The van der Waals surface area contributed by atoms with Gasteiger partial charge in [0.05, 0.1) is 18.3 Å². The summed E-state index contributed by atoms with van der Waals surface area (Å²) in [5, 5.41) is 14.3. The molecule has 21 heavy (non-hydrogen) atoms. The number of hydrogen-bond donors (Lipinski definition) is 3. The third-order valence-corrected chi connectivity index (χ3v) is 2.88. The smallest absolute Gasteiger partial charge is 0.356 e. The van der Waals surface area contributed by atoms with Crippen LogP contribution in [0.3, 0.4) is 0 Å². The number of carboxylic acids is 1. The van der Waals surface area contributed by atoms with E-state index in [-0.39, 0.29) is 23.3 Å². The second-order valence-electron chi connectivity index (χ2n) is 4.81. The molecule has 1 aromatic heterocycles. The van der Waals surface area contributed by atoms with Crippen molar-refractivity contribution < 1.29 is 19.4 Å². The van der Waals surface area contributed by atoms with Crippen molar-refractivity contribution in [3.63, 3.8) is 0 Å². The summed E-state index contributed by atoms with van der Waals surface area (Å²) in [5.41, 5.74) is -0.0417. The number of carbonyl (C=O) groups is 2. The quantitative estimate of drug-likeness (QED) is 0.714. The molecule has 1 unspecified atom stereocenters. The van der Waals surface area contributed by atoms with E-state index in [9.17, 15) is 9.59 Å². The van der Waals surface area contributed by atoms with Gasteiger partial charge in [-0.15, -0.1) is 0 Å². The maximum absolute atomic E-state index is 12.0. The highest BCUT2D eigenvalue weighted by atomic mass is 16.5. The van der Waals surface area contributed by atoms with Crippen LogP contribution in [0.25, 0.3) is 0 Å². The molecule has 2 amide bonds. The number of amides is 2. The van der Waals surface area contributed by atoms with Gasteiger partial charge in [-0.1, -0.05) is 13.8 Å². The maximum atomic E-state index is 12.0. The van der Waals surface area contributed by atoms with Crippen molar-refractivity contribution in [1.29, 1.82) is 0 Å². The van der Waals surface area contributed by atoms with E-state index < -0.39 is 12.0 Å². The summed E-state index contributed by atoms with van der Waals surface area (Å²) in [6, 6.07) is 2.41. The first-order chi connectivity index (χ1) is 9.95. The van der Waals surface area contributed by atoms with Crippen molar-refractivity contribution in [1.82, 2.24) is 10.3 Å². The van der Waals surface area contributed by atoms with E-state index in [4.69, 9.17) is 9.84 Å². The van der Waals surface area contributed by atoms with Crippen molar-refractivity contribution in [3.05, 3.63) is 24.0 Å². The number of ether oxygens (including phenoxy) is 1. The normalized spacial score (nSPS) is 12.0. The molecule has 1 heterocycles. The van der Waals surface area contributed by atoms with Crippen LogP contribution in [-0.4, -0.2) is 41.3 Å². The Kier molecular flexibility index (Phi) is 6.61. The molecular formula is C14H21N3O4. The van der Waals surface area contributed by atoms with Gasteiger partial charge in [-0.25, -0.2) is 14.6 Å². The molecule has 0 bridgehead atoms. The Hall–Kier alpha value is -2.15. The van der Waals surface area contributed by atoms with Gasteiger partial charge in [-0.2, -0.15) is 0 Å². The van der Waals surface area contributed by atoms with Gasteiger partial charge in [0.1, 0.15) is 0 Å². The third kappa shape index (κ3) is 5.39. The number of nitrogens with zero attached hydrogens (tertiary/aromatic N) is 1. The summed E-state index contributed by atoms with van der Waals surface area (Å²) < 4.78 is 5.32. The van der Waals surface area contributed by atoms with Crippen LogP contribution in [0.4, 0.5) is 10.5 Å². The standard InChI is InChI=1S/C14H21N3O4/c1-4-21-8-11(9(2)3)17-14(20)16-10-6-5-7-15-12(10)13(18)19/h5-7,9,11H,4,8H2,1-3H3,(H,18,19)(H2,16,17,20). The molecule has 0 saturated heterocycles. The average Bonchev–Trinajstić information content (AvgIpc) is 2.43. The maximum Gasteiger partial charge on any atom is 0.356 e. The van der Waals surface area contributed by atoms with Crippen LogP contribution >= 0.6 is 0 Å². The lowest BCUT2D eigenvalue weighted by atomic mass is 10.1. The van der Waals surface area contributed by atoms with Crippen molar-refractivity contribution in [2.24, 2.45) is 5.92 Å². The van der Waals surface area contributed by atoms with Gasteiger partial charge in [0.2, 0.25) is 0 Å². The van der Waals surface area contributed by atoms with Crippen molar-refractivity contribution in [3.8, 4) is 0 Å². The Morgan fingerprint density at radius 3 is 2.71 bits per heavy atom. The van der Waals surface area contributed by atoms with E-state index >= 15 is 0 Å². The minimum absolute atomic E-state index is 0.154. The summed E-state index contributed by atoms with van der Waals surface area (Å²) in [7, 11) is 0. The van der Waals surface area contributed by atoms with E-state index in [1.54, 1.807) is 6.07 Å². The van der Waals surface area contributed by atoms with Crippen LogP contribution in [0.5, 0.6) is 0 Å². The summed E-state index contributed by atoms with van der Waals surface area (Å²) in [4.78, 5) is 26.7. The Morgan fingerprint density at radius 2 is 2.14 bits per heavy atom. The highest BCUT2D eigenvalue weighted by Gasteiger charge is 2.18. The fourth-order valence-corrected chi connectivity index (χ4v) is 1.65. The highest BCUT2D eigenvalue weighted by molar-refractivity contribution is 5.98. The van der Waals surface area contributed by atoms with E-state index in [1.807, 2.05) is 20.8 Å². The molecule has 0 aliphatic rings. The van der Waals surface area contributed by atoms with Gasteiger partial charge < -0.3 is 20.5 Å². The zero-order valence-electron chi connectivity index (χ0n) is 12.4. The summed E-state index contributed by atoms with van der Waals surface area (Å²) in [6.07, 6.45) is 1.36. The Morgan fingerprint density at radius 1 is 1.43 bits per heavy atom. The summed E-state index contributed by atoms with van der Waals surface area (Å²) in [6.45, 7) is 6.79. The molecule has 7 nitrogen and oxygen atoms in total. The van der Waals surface area contributed by atoms with E-state index in [0.717, 1.165) is 0 Å². The number of rotatable bonds is 7.